The lowest BCUT2D eigenvalue weighted by molar-refractivity contribution is -0.136. The van der Waals surface area contributed by atoms with E-state index >= 15 is 0 Å². The average Bonchev–Trinajstić information content (AvgIpc) is 2.45. The van der Waals surface area contributed by atoms with Crippen LogP contribution < -0.4 is 9.47 Å². The number of hydrogen-bond donors (Lipinski definition) is 1. The minimum absolute atomic E-state index is 0.0238. The van der Waals surface area contributed by atoms with Crippen molar-refractivity contribution in [3.8, 4) is 11.5 Å². The fourth-order valence-corrected chi connectivity index (χ4v) is 2.27. The third kappa shape index (κ3) is 5.63. The molecular weight excluding hydrogens is 383 g/mol. The molecule has 110 valence electrons. The average molecular weight is 398 g/mol. The van der Waals surface area contributed by atoms with Gasteiger partial charge < -0.3 is 14.6 Å². The molecule has 0 fully saturated rings. The number of benzene rings is 2. The number of carboxylic acids is 1. The van der Waals surface area contributed by atoms with E-state index in [0.29, 0.717) is 19.0 Å². The second kappa shape index (κ2) is 7.87. The second-order valence-corrected chi connectivity index (χ2v) is 5.61. The number of halogens is 1. The lowest BCUT2D eigenvalue weighted by Gasteiger charge is -2.09. The highest BCUT2D eigenvalue weighted by atomic mass is 127. The topological polar surface area (TPSA) is 55.8 Å². The molecule has 2 aromatic rings. The summed E-state index contributed by atoms with van der Waals surface area (Å²) in [5.41, 5.74) is 0.755. The summed E-state index contributed by atoms with van der Waals surface area (Å²) in [6.45, 7) is 0.890. The zero-order valence-corrected chi connectivity index (χ0v) is 13.4. The van der Waals surface area contributed by atoms with E-state index in [1.807, 2.05) is 24.3 Å². The summed E-state index contributed by atoms with van der Waals surface area (Å²) in [6, 6.07) is 14.9. The summed E-state index contributed by atoms with van der Waals surface area (Å²) in [7, 11) is 0. The highest BCUT2D eigenvalue weighted by molar-refractivity contribution is 14.1. The van der Waals surface area contributed by atoms with Gasteiger partial charge in [0.05, 0.1) is 6.42 Å². The zero-order chi connectivity index (χ0) is 15.1. The van der Waals surface area contributed by atoms with E-state index in [4.69, 9.17) is 14.6 Å². The highest BCUT2D eigenvalue weighted by Gasteiger charge is 2.01. The van der Waals surface area contributed by atoms with Gasteiger partial charge in [-0.2, -0.15) is 0 Å². The van der Waals surface area contributed by atoms with Crippen molar-refractivity contribution in [3.05, 3.63) is 57.7 Å². The maximum atomic E-state index is 10.6. The first kappa shape index (κ1) is 15.6. The molecule has 0 aromatic heterocycles. The summed E-state index contributed by atoms with van der Waals surface area (Å²) in [5, 5.41) is 8.69. The molecule has 2 aromatic carbocycles. The first-order chi connectivity index (χ1) is 10.1. The largest absolute Gasteiger partial charge is 0.490 e. The Kier molecular flexibility index (Phi) is 5.86. The van der Waals surface area contributed by atoms with E-state index in [0.717, 1.165) is 14.9 Å². The van der Waals surface area contributed by atoms with E-state index < -0.39 is 5.97 Å². The van der Waals surface area contributed by atoms with Gasteiger partial charge in [-0.15, -0.1) is 0 Å². The van der Waals surface area contributed by atoms with Crippen molar-refractivity contribution in [2.24, 2.45) is 0 Å². The fraction of sp³-hybridized carbons (Fsp3) is 0.188. The lowest BCUT2D eigenvalue weighted by Crippen LogP contribution is -2.09. The molecule has 2 rings (SSSR count). The second-order valence-electron chi connectivity index (χ2n) is 4.37. The molecule has 1 N–H and O–H groups in total. The third-order valence-corrected chi connectivity index (χ3v) is 3.37. The van der Waals surface area contributed by atoms with Gasteiger partial charge in [-0.05, 0) is 58.5 Å². The molecule has 4 nitrogen and oxygen atoms in total. The number of hydrogen-bond acceptors (Lipinski definition) is 3. The van der Waals surface area contributed by atoms with E-state index in [-0.39, 0.29) is 6.42 Å². The Morgan fingerprint density at radius 2 is 1.67 bits per heavy atom. The molecule has 21 heavy (non-hydrogen) atoms. The summed E-state index contributed by atoms with van der Waals surface area (Å²) in [6.07, 6.45) is 0.0238. The zero-order valence-electron chi connectivity index (χ0n) is 11.3. The molecule has 0 amide bonds. The molecular formula is C16H15IO4. The molecule has 0 atom stereocenters. The van der Waals surface area contributed by atoms with Crippen molar-refractivity contribution in [2.45, 2.75) is 6.42 Å². The van der Waals surface area contributed by atoms with Crippen LogP contribution in [0.5, 0.6) is 11.5 Å². The van der Waals surface area contributed by atoms with Crippen LogP contribution >= 0.6 is 22.6 Å². The van der Waals surface area contributed by atoms with E-state index in [1.54, 1.807) is 24.3 Å². The van der Waals surface area contributed by atoms with Gasteiger partial charge >= 0.3 is 5.97 Å². The van der Waals surface area contributed by atoms with Crippen molar-refractivity contribution < 1.29 is 19.4 Å². The standard InChI is InChI=1S/C16H15IO4/c17-13-2-1-3-15(11-13)21-9-8-20-14-6-4-12(5-7-14)10-16(18)19/h1-7,11H,8-10H2,(H,18,19). The Balaban J connectivity index is 1.74. The summed E-state index contributed by atoms with van der Waals surface area (Å²) < 4.78 is 12.2. The third-order valence-electron chi connectivity index (χ3n) is 2.70. The van der Waals surface area contributed by atoms with Crippen LogP contribution in [0, 0.1) is 3.57 Å². The minimum Gasteiger partial charge on any atom is -0.490 e. The molecule has 0 heterocycles. The van der Waals surface area contributed by atoms with E-state index in [2.05, 4.69) is 22.6 Å². The quantitative estimate of drug-likeness (QED) is 0.574. The molecule has 0 aliphatic rings. The molecule has 0 bridgehead atoms. The Morgan fingerprint density at radius 3 is 2.29 bits per heavy atom. The van der Waals surface area contributed by atoms with Crippen LogP contribution in [-0.2, 0) is 11.2 Å². The van der Waals surface area contributed by atoms with Crippen LogP contribution in [0.3, 0.4) is 0 Å². The van der Waals surface area contributed by atoms with Crippen LogP contribution in [0.15, 0.2) is 48.5 Å². The lowest BCUT2D eigenvalue weighted by atomic mass is 10.1. The Bertz CT molecular complexity index is 595. The van der Waals surface area contributed by atoms with Crippen molar-refractivity contribution in [2.75, 3.05) is 13.2 Å². The van der Waals surface area contributed by atoms with Gasteiger partial charge in [0.15, 0.2) is 0 Å². The molecule has 0 aliphatic heterocycles. The Hall–Kier alpha value is -1.76. The van der Waals surface area contributed by atoms with Gasteiger partial charge in [0.2, 0.25) is 0 Å². The number of carbonyl (C=O) groups is 1. The van der Waals surface area contributed by atoms with Crippen LogP contribution in [0.1, 0.15) is 5.56 Å². The van der Waals surface area contributed by atoms with Gasteiger partial charge in [0.1, 0.15) is 24.7 Å². The molecule has 5 heteroatoms. The van der Waals surface area contributed by atoms with Gasteiger partial charge in [-0.1, -0.05) is 18.2 Å². The fourth-order valence-electron chi connectivity index (χ4n) is 1.75. The number of rotatable bonds is 7. The maximum absolute atomic E-state index is 10.6. The summed E-state index contributed by atoms with van der Waals surface area (Å²) in [5.74, 6) is 0.687. The van der Waals surface area contributed by atoms with Crippen LogP contribution in [0.25, 0.3) is 0 Å². The summed E-state index contributed by atoms with van der Waals surface area (Å²) >= 11 is 2.23. The van der Waals surface area contributed by atoms with Crippen molar-refractivity contribution in [3.63, 3.8) is 0 Å². The Morgan fingerprint density at radius 1 is 1.00 bits per heavy atom. The van der Waals surface area contributed by atoms with Crippen molar-refractivity contribution >= 4 is 28.6 Å². The number of carboxylic acid groups (broad SMARTS) is 1. The highest BCUT2D eigenvalue weighted by Crippen LogP contribution is 2.15. The SMILES string of the molecule is O=C(O)Cc1ccc(OCCOc2cccc(I)c2)cc1. The molecule has 0 saturated carbocycles. The Labute approximate surface area is 136 Å². The predicted molar refractivity (Wildman–Crippen MR) is 87.9 cm³/mol. The molecule has 0 radical (unpaired) electrons. The maximum Gasteiger partial charge on any atom is 0.307 e. The van der Waals surface area contributed by atoms with Gasteiger partial charge in [-0.25, -0.2) is 0 Å². The van der Waals surface area contributed by atoms with Gasteiger partial charge in [-0.3, -0.25) is 4.79 Å². The van der Waals surface area contributed by atoms with E-state index in [9.17, 15) is 4.79 Å². The monoisotopic (exact) mass is 398 g/mol. The number of ether oxygens (including phenoxy) is 2. The molecule has 0 saturated heterocycles. The van der Waals surface area contributed by atoms with Crippen LogP contribution in [-0.4, -0.2) is 24.3 Å². The predicted octanol–water partition coefficient (Wildman–Crippen LogP) is 3.38. The molecule has 0 unspecified atom stereocenters. The first-order valence-electron chi connectivity index (χ1n) is 6.45. The van der Waals surface area contributed by atoms with Crippen LogP contribution in [0.4, 0.5) is 0 Å². The minimum atomic E-state index is -0.838. The summed E-state index contributed by atoms with van der Waals surface area (Å²) in [4.78, 5) is 10.6. The smallest absolute Gasteiger partial charge is 0.307 e. The van der Waals surface area contributed by atoms with Crippen molar-refractivity contribution in [1.29, 1.82) is 0 Å². The molecule has 0 aliphatic carbocycles. The van der Waals surface area contributed by atoms with Gasteiger partial charge in [0, 0.05) is 3.57 Å². The van der Waals surface area contributed by atoms with E-state index in [1.165, 1.54) is 0 Å². The normalized spacial score (nSPS) is 10.1. The van der Waals surface area contributed by atoms with Crippen molar-refractivity contribution in [1.82, 2.24) is 0 Å². The van der Waals surface area contributed by atoms with Gasteiger partial charge in [0.25, 0.3) is 0 Å². The number of aliphatic carboxylic acids is 1. The molecule has 0 spiro atoms. The first-order valence-corrected chi connectivity index (χ1v) is 7.53. The van der Waals surface area contributed by atoms with Crippen LogP contribution in [0.2, 0.25) is 0 Å².